The van der Waals surface area contributed by atoms with Gasteiger partial charge in [0.15, 0.2) is 0 Å². The van der Waals surface area contributed by atoms with Crippen molar-refractivity contribution in [2.45, 2.75) is 6.92 Å². The predicted octanol–water partition coefficient (Wildman–Crippen LogP) is 1.89. The van der Waals surface area contributed by atoms with E-state index in [2.05, 4.69) is 5.32 Å². The number of rotatable bonds is 3. The highest BCUT2D eigenvalue weighted by atomic mass is 32.1. The molecular weight excluding hydrogens is 212 g/mol. The summed E-state index contributed by atoms with van der Waals surface area (Å²) in [5.41, 5.74) is 6.69. The number of carbonyl (C=O) groups is 1. The Hall–Kier alpha value is -1.62. The number of nitrogens with one attached hydrogen (secondary N) is 1. The smallest absolute Gasteiger partial charge is 0.411 e. The fourth-order valence-corrected chi connectivity index (χ4v) is 1.26. The molecule has 0 saturated carbocycles. The van der Waals surface area contributed by atoms with Crippen LogP contribution in [-0.4, -0.2) is 17.7 Å². The van der Waals surface area contributed by atoms with Crippen LogP contribution in [0.25, 0.3) is 0 Å². The number of benzene rings is 1. The van der Waals surface area contributed by atoms with Crippen LogP contribution in [0.2, 0.25) is 0 Å². The van der Waals surface area contributed by atoms with Gasteiger partial charge >= 0.3 is 6.09 Å². The van der Waals surface area contributed by atoms with Crippen molar-refractivity contribution in [1.82, 2.24) is 0 Å². The fourth-order valence-electron chi connectivity index (χ4n) is 1.08. The average molecular weight is 224 g/mol. The summed E-state index contributed by atoms with van der Waals surface area (Å²) in [6, 6.07) is 7.03. The molecule has 15 heavy (non-hydrogen) atoms. The second-order valence-corrected chi connectivity index (χ2v) is 3.20. The van der Waals surface area contributed by atoms with Crippen molar-refractivity contribution in [2.24, 2.45) is 5.73 Å². The summed E-state index contributed by atoms with van der Waals surface area (Å²) in [4.78, 5) is 11.4. The highest BCUT2D eigenvalue weighted by Gasteiger charge is 2.07. The van der Waals surface area contributed by atoms with Gasteiger partial charge in [0.1, 0.15) is 4.99 Å². The maximum Gasteiger partial charge on any atom is 0.411 e. The van der Waals surface area contributed by atoms with E-state index in [-0.39, 0.29) is 4.99 Å². The normalized spacial score (nSPS) is 9.40. The number of anilines is 1. The van der Waals surface area contributed by atoms with Gasteiger partial charge < -0.3 is 10.5 Å². The third-order valence-corrected chi connectivity index (χ3v) is 1.92. The lowest BCUT2D eigenvalue weighted by atomic mass is 10.2. The van der Waals surface area contributed by atoms with E-state index in [4.69, 9.17) is 22.7 Å². The summed E-state index contributed by atoms with van der Waals surface area (Å²) in [5.74, 6) is 0. The number of thiocarbonyl (C=S) groups is 1. The Morgan fingerprint density at radius 3 is 2.80 bits per heavy atom. The molecule has 0 aromatic heterocycles. The van der Waals surface area contributed by atoms with Gasteiger partial charge in [0.05, 0.1) is 12.3 Å². The quantitative estimate of drug-likeness (QED) is 0.769. The van der Waals surface area contributed by atoms with E-state index >= 15 is 0 Å². The van der Waals surface area contributed by atoms with E-state index in [0.29, 0.717) is 17.9 Å². The molecule has 0 aliphatic rings. The van der Waals surface area contributed by atoms with Gasteiger partial charge in [0.25, 0.3) is 0 Å². The number of hydrogen-bond donors (Lipinski definition) is 2. The predicted molar refractivity (Wildman–Crippen MR) is 63.0 cm³/mol. The second-order valence-electron chi connectivity index (χ2n) is 2.76. The monoisotopic (exact) mass is 224 g/mol. The molecule has 0 saturated heterocycles. The average Bonchev–Trinajstić information content (AvgIpc) is 2.18. The lowest BCUT2D eigenvalue weighted by molar-refractivity contribution is 0.168. The molecule has 0 atom stereocenters. The molecule has 0 heterocycles. The Morgan fingerprint density at radius 2 is 2.20 bits per heavy atom. The number of para-hydroxylation sites is 1. The molecule has 1 aromatic rings. The maximum atomic E-state index is 11.2. The molecule has 0 fully saturated rings. The van der Waals surface area contributed by atoms with E-state index < -0.39 is 6.09 Å². The Bertz CT molecular complexity index is 379. The van der Waals surface area contributed by atoms with Crippen LogP contribution >= 0.6 is 12.2 Å². The summed E-state index contributed by atoms with van der Waals surface area (Å²) in [7, 11) is 0. The van der Waals surface area contributed by atoms with E-state index in [0.717, 1.165) is 0 Å². The third kappa shape index (κ3) is 3.21. The van der Waals surface area contributed by atoms with E-state index in [9.17, 15) is 4.79 Å². The number of ether oxygens (including phenoxy) is 1. The van der Waals surface area contributed by atoms with Crippen LogP contribution in [0.4, 0.5) is 10.5 Å². The standard InChI is InChI=1S/C10H12N2O2S/c1-2-14-10(13)12-8-6-4-3-5-7(8)9(11)15/h3-6H,2H2,1H3,(H2,11,15)(H,12,13). The zero-order valence-corrected chi connectivity index (χ0v) is 9.14. The topological polar surface area (TPSA) is 64.3 Å². The van der Waals surface area contributed by atoms with Crippen LogP contribution in [0.5, 0.6) is 0 Å². The van der Waals surface area contributed by atoms with Crippen molar-refractivity contribution in [3.63, 3.8) is 0 Å². The molecule has 0 radical (unpaired) electrons. The van der Waals surface area contributed by atoms with Crippen molar-refractivity contribution in [3.05, 3.63) is 29.8 Å². The highest BCUT2D eigenvalue weighted by molar-refractivity contribution is 7.80. The molecule has 4 nitrogen and oxygen atoms in total. The Kier molecular flexibility index (Phi) is 4.05. The van der Waals surface area contributed by atoms with Gasteiger partial charge in [-0.05, 0) is 19.1 Å². The van der Waals surface area contributed by atoms with Crippen LogP contribution in [0.3, 0.4) is 0 Å². The first-order valence-corrected chi connectivity index (χ1v) is 4.88. The molecule has 0 aliphatic carbocycles. The lowest BCUT2D eigenvalue weighted by Gasteiger charge is -2.09. The van der Waals surface area contributed by atoms with Crippen LogP contribution < -0.4 is 11.1 Å². The van der Waals surface area contributed by atoms with Gasteiger partial charge in [-0.25, -0.2) is 4.79 Å². The molecule has 5 heteroatoms. The molecule has 1 rings (SSSR count). The van der Waals surface area contributed by atoms with Gasteiger partial charge in [-0.15, -0.1) is 0 Å². The molecular formula is C10H12N2O2S. The minimum atomic E-state index is -0.513. The zero-order valence-electron chi connectivity index (χ0n) is 8.32. The number of amides is 1. The summed E-state index contributed by atoms with van der Waals surface area (Å²) in [5, 5.41) is 2.56. The van der Waals surface area contributed by atoms with Crippen molar-refractivity contribution in [2.75, 3.05) is 11.9 Å². The number of nitrogens with two attached hydrogens (primary N) is 1. The van der Waals surface area contributed by atoms with E-state index in [1.807, 2.05) is 0 Å². The first-order chi connectivity index (χ1) is 7.15. The Morgan fingerprint density at radius 1 is 1.53 bits per heavy atom. The van der Waals surface area contributed by atoms with Crippen molar-refractivity contribution < 1.29 is 9.53 Å². The van der Waals surface area contributed by atoms with Gasteiger partial charge in [0.2, 0.25) is 0 Å². The second kappa shape index (κ2) is 5.31. The third-order valence-electron chi connectivity index (χ3n) is 1.70. The molecule has 0 unspecified atom stereocenters. The number of carbonyl (C=O) groups excluding carboxylic acids is 1. The summed E-state index contributed by atoms with van der Waals surface area (Å²) >= 11 is 4.85. The van der Waals surface area contributed by atoms with Crippen molar-refractivity contribution >= 4 is 29.0 Å². The van der Waals surface area contributed by atoms with E-state index in [1.54, 1.807) is 31.2 Å². The minimum Gasteiger partial charge on any atom is -0.450 e. The maximum absolute atomic E-state index is 11.2. The largest absolute Gasteiger partial charge is 0.450 e. The fraction of sp³-hybridized carbons (Fsp3) is 0.200. The Balaban J connectivity index is 2.84. The minimum absolute atomic E-state index is 0.238. The summed E-state index contributed by atoms with van der Waals surface area (Å²) in [6.07, 6.45) is -0.513. The van der Waals surface area contributed by atoms with Crippen molar-refractivity contribution in [1.29, 1.82) is 0 Å². The first-order valence-electron chi connectivity index (χ1n) is 4.47. The van der Waals surface area contributed by atoms with Crippen molar-refractivity contribution in [3.8, 4) is 0 Å². The van der Waals surface area contributed by atoms with Crippen LogP contribution in [0.15, 0.2) is 24.3 Å². The molecule has 0 bridgehead atoms. The van der Waals surface area contributed by atoms with Gasteiger partial charge in [-0.3, -0.25) is 5.32 Å². The summed E-state index contributed by atoms with van der Waals surface area (Å²) in [6.45, 7) is 2.06. The Labute approximate surface area is 93.4 Å². The molecule has 1 amide bonds. The summed E-state index contributed by atoms with van der Waals surface area (Å²) < 4.78 is 4.75. The van der Waals surface area contributed by atoms with Gasteiger partial charge in [-0.1, -0.05) is 24.4 Å². The lowest BCUT2D eigenvalue weighted by Crippen LogP contribution is -2.18. The van der Waals surface area contributed by atoms with Gasteiger partial charge in [0, 0.05) is 5.56 Å². The van der Waals surface area contributed by atoms with Crippen LogP contribution in [0, 0.1) is 0 Å². The number of hydrogen-bond acceptors (Lipinski definition) is 3. The molecule has 0 spiro atoms. The molecule has 3 N–H and O–H groups in total. The van der Waals surface area contributed by atoms with Gasteiger partial charge in [-0.2, -0.15) is 0 Å². The zero-order chi connectivity index (χ0) is 11.3. The molecule has 0 aliphatic heterocycles. The van der Waals surface area contributed by atoms with Crippen LogP contribution in [0.1, 0.15) is 12.5 Å². The van der Waals surface area contributed by atoms with E-state index in [1.165, 1.54) is 0 Å². The molecule has 80 valence electrons. The highest BCUT2D eigenvalue weighted by Crippen LogP contribution is 2.14. The molecule has 1 aromatic carbocycles. The van der Waals surface area contributed by atoms with Crippen LogP contribution in [-0.2, 0) is 4.74 Å². The SMILES string of the molecule is CCOC(=O)Nc1ccccc1C(N)=S. The first kappa shape index (κ1) is 11.5.